The Morgan fingerprint density at radius 3 is 2.60 bits per heavy atom. The Bertz CT molecular complexity index is 2360. The Morgan fingerprint density at radius 2 is 1.88 bits per heavy atom. The first-order valence-corrected chi connectivity index (χ1v) is 17.8. The first-order chi connectivity index (χ1) is 24.8. The summed E-state index contributed by atoms with van der Waals surface area (Å²) in [5, 5.41) is 0.465. The van der Waals surface area contributed by atoms with Crippen LogP contribution in [0.25, 0.3) is 39.1 Å². The molecule has 12 nitrogen and oxygen atoms in total. The number of amides is 1. The fraction of sp³-hybridized carbons (Fsp3) is 0.410. The number of oxazole rings is 1. The number of benzene rings is 1. The van der Waals surface area contributed by atoms with Gasteiger partial charge in [-0.1, -0.05) is 26.5 Å². The van der Waals surface area contributed by atoms with E-state index in [9.17, 15) is 9.59 Å². The number of hydrogen-bond acceptors (Lipinski definition) is 9. The maximum atomic E-state index is 16.9. The van der Waals surface area contributed by atoms with Crippen LogP contribution in [0.3, 0.4) is 0 Å². The van der Waals surface area contributed by atoms with Gasteiger partial charge in [0.15, 0.2) is 11.2 Å². The van der Waals surface area contributed by atoms with E-state index < -0.39 is 11.6 Å². The van der Waals surface area contributed by atoms with E-state index in [0.717, 1.165) is 18.5 Å². The molecule has 4 aromatic heterocycles. The second kappa shape index (κ2) is 13.4. The number of aryl methyl sites for hydroxylation is 2. The quantitative estimate of drug-likeness (QED) is 0.219. The van der Waals surface area contributed by atoms with Crippen LogP contribution >= 0.6 is 0 Å². The van der Waals surface area contributed by atoms with Crippen molar-refractivity contribution in [2.24, 2.45) is 0 Å². The highest BCUT2D eigenvalue weighted by Gasteiger charge is 2.42. The Hall–Kier alpha value is -5.30. The van der Waals surface area contributed by atoms with Crippen LogP contribution in [0, 0.1) is 19.7 Å². The largest absolute Gasteiger partial charge is 0.417 e. The van der Waals surface area contributed by atoms with Crippen LogP contribution in [0.4, 0.5) is 15.8 Å². The topological polar surface area (TPSA) is 124 Å². The number of H-pyrrole nitrogens is 1. The fourth-order valence-corrected chi connectivity index (χ4v) is 7.93. The predicted octanol–water partition coefficient (Wildman–Crippen LogP) is 5.12. The van der Waals surface area contributed by atoms with Crippen molar-refractivity contribution in [3.8, 4) is 16.9 Å². The van der Waals surface area contributed by atoms with Gasteiger partial charge in [-0.2, -0.15) is 0 Å². The zero-order chi connectivity index (χ0) is 37.2. The molecule has 0 spiro atoms. The number of carbonyl (C=O) groups is 1. The molecule has 13 heteroatoms. The summed E-state index contributed by atoms with van der Waals surface area (Å²) < 4.78 is 24.1. The summed E-state index contributed by atoms with van der Waals surface area (Å²) in [7, 11) is 4.03. The molecule has 1 saturated heterocycles. The number of pyridine rings is 3. The summed E-state index contributed by atoms with van der Waals surface area (Å²) in [4.78, 5) is 61.4. The third-order valence-electron chi connectivity index (χ3n) is 10.4. The summed E-state index contributed by atoms with van der Waals surface area (Å²) in [6.07, 6.45) is 3.85. The molecule has 272 valence electrons. The number of halogens is 1. The Labute approximate surface area is 301 Å². The Kier molecular flexibility index (Phi) is 9.02. The van der Waals surface area contributed by atoms with E-state index in [-0.39, 0.29) is 46.4 Å². The average molecular weight is 709 g/mol. The number of nitrogens with one attached hydrogen (secondary N) is 1. The van der Waals surface area contributed by atoms with Gasteiger partial charge in [-0.05, 0) is 89.2 Å². The minimum absolute atomic E-state index is 0.0379. The van der Waals surface area contributed by atoms with Gasteiger partial charge in [0.1, 0.15) is 17.2 Å². The van der Waals surface area contributed by atoms with E-state index in [0.29, 0.717) is 71.0 Å². The second-order valence-electron chi connectivity index (χ2n) is 14.6. The van der Waals surface area contributed by atoms with Gasteiger partial charge in [-0.25, -0.2) is 14.2 Å². The summed E-state index contributed by atoms with van der Waals surface area (Å²) in [6, 6.07) is 6.44. The molecule has 0 bridgehead atoms. The van der Waals surface area contributed by atoms with Gasteiger partial charge >= 0.3 is 5.76 Å². The normalized spacial score (nSPS) is 17.4. The first kappa shape index (κ1) is 35.1. The van der Waals surface area contributed by atoms with Gasteiger partial charge in [-0.15, -0.1) is 0 Å². The van der Waals surface area contributed by atoms with Gasteiger partial charge in [0.2, 0.25) is 5.91 Å². The van der Waals surface area contributed by atoms with Crippen LogP contribution in [0.2, 0.25) is 0 Å². The summed E-state index contributed by atoms with van der Waals surface area (Å²) in [5.74, 6) is -1.48. The third-order valence-corrected chi connectivity index (χ3v) is 10.4. The average Bonchev–Trinajstić information content (AvgIpc) is 3.48. The van der Waals surface area contributed by atoms with Gasteiger partial charge in [-0.3, -0.25) is 24.1 Å². The number of piperazine rings is 1. The molecule has 5 aromatic rings. The molecule has 0 aliphatic carbocycles. The van der Waals surface area contributed by atoms with Gasteiger partial charge in [0.05, 0.1) is 34.2 Å². The first-order valence-electron chi connectivity index (χ1n) is 17.8. The van der Waals surface area contributed by atoms with E-state index in [1.165, 1.54) is 12.1 Å². The lowest BCUT2D eigenvalue weighted by Gasteiger charge is -2.51. The van der Waals surface area contributed by atoms with Crippen molar-refractivity contribution < 1.29 is 13.6 Å². The number of carbonyl (C=O) groups excluding carboxylic acids is 1. The molecule has 2 aliphatic rings. The van der Waals surface area contributed by atoms with Crippen LogP contribution in [-0.4, -0.2) is 94.1 Å². The Morgan fingerprint density at radius 1 is 1.12 bits per heavy atom. The number of hydrogen-bond donors (Lipinski definition) is 1. The number of anilines is 2. The lowest BCUT2D eigenvalue weighted by molar-refractivity contribution is -0.128. The molecule has 2 aliphatic heterocycles. The minimum Gasteiger partial charge on any atom is -0.407 e. The molecule has 2 atom stereocenters. The molecular formula is C39H45FN8O4. The van der Waals surface area contributed by atoms with E-state index in [4.69, 9.17) is 14.4 Å². The highest BCUT2D eigenvalue weighted by Crippen LogP contribution is 2.44. The standard InChI is InChI=1S/C39H45FN8O4/c1-9-29(49)46-20-25-19-45(16-10-15-44(7)8)35-34(47(25)18-24(46)6)26-17-27(40)32(30-22(4)11-12-28-36(30)52-39(51)42-28)43-37(26)48(38(35)50)33-23(5)13-14-41-31(33)21(2)3/h9,11-14,17,21,24-25H,1,10,15-16,18-20H2,2-8H3,(H,42,51). The lowest BCUT2D eigenvalue weighted by atomic mass is 9.97. The summed E-state index contributed by atoms with van der Waals surface area (Å²) >= 11 is 0. The van der Waals surface area contributed by atoms with Crippen molar-refractivity contribution in [3.05, 3.63) is 86.7 Å². The minimum atomic E-state index is -0.662. The number of fused-ring (bicyclic) bond motifs is 6. The van der Waals surface area contributed by atoms with Crippen molar-refractivity contribution in [3.63, 3.8) is 0 Å². The summed E-state index contributed by atoms with van der Waals surface area (Å²) in [5.41, 5.74) is 4.73. The van der Waals surface area contributed by atoms with Crippen LogP contribution in [0.15, 0.2) is 57.1 Å². The molecule has 0 radical (unpaired) electrons. The van der Waals surface area contributed by atoms with Gasteiger partial charge < -0.3 is 24.0 Å². The molecule has 1 N–H and O–H groups in total. The molecule has 7 rings (SSSR count). The van der Waals surface area contributed by atoms with Gasteiger partial charge in [0.25, 0.3) is 5.56 Å². The molecule has 0 saturated carbocycles. The highest BCUT2D eigenvalue weighted by atomic mass is 19.1. The fourth-order valence-electron chi connectivity index (χ4n) is 7.93. The number of aromatic amines is 1. The number of rotatable bonds is 8. The van der Waals surface area contributed by atoms with Crippen molar-refractivity contribution in [1.29, 1.82) is 0 Å². The van der Waals surface area contributed by atoms with E-state index >= 15 is 9.18 Å². The molecule has 1 fully saturated rings. The summed E-state index contributed by atoms with van der Waals surface area (Å²) in [6.45, 7) is 16.2. The molecule has 52 heavy (non-hydrogen) atoms. The number of nitrogens with zero attached hydrogens (tertiary/aromatic N) is 7. The monoisotopic (exact) mass is 708 g/mol. The molecule has 1 amide bonds. The van der Waals surface area contributed by atoms with E-state index in [1.807, 2.05) is 52.8 Å². The van der Waals surface area contributed by atoms with Crippen molar-refractivity contribution in [1.82, 2.24) is 29.3 Å². The van der Waals surface area contributed by atoms with Crippen LogP contribution in [-0.2, 0) is 4.79 Å². The third kappa shape index (κ3) is 5.76. The smallest absolute Gasteiger partial charge is 0.407 e. The predicted molar refractivity (Wildman–Crippen MR) is 202 cm³/mol. The van der Waals surface area contributed by atoms with Crippen molar-refractivity contribution >= 4 is 39.4 Å². The zero-order valence-electron chi connectivity index (χ0n) is 30.8. The zero-order valence-corrected chi connectivity index (χ0v) is 30.8. The second-order valence-corrected chi connectivity index (χ2v) is 14.6. The van der Waals surface area contributed by atoms with Gasteiger partial charge in [0, 0.05) is 43.8 Å². The van der Waals surface area contributed by atoms with E-state index in [2.05, 4.69) is 26.3 Å². The highest BCUT2D eigenvalue weighted by molar-refractivity contribution is 6.01. The maximum absolute atomic E-state index is 16.9. The van der Waals surface area contributed by atoms with Crippen molar-refractivity contribution in [2.45, 2.75) is 59.0 Å². The van der Waals surface area contributed by atoms with Crippen molar-refractivity contribution in [2.75, 3.05) is 56.6 Å². The molecule has 1 aromatic carbocycles. The molecular weight excluding hydrogens is 663 g/mol. The van der Waals surface area contributed by atoms with Crippen LogP contribution < -0.4 is 21.1 Å². The van der Waals surface area contributed by atoms with Crippen LogP contribution in [0.1, 0.15) is 49.9 Å². The molecule has 2 unspecified atom stereocenters. The van der Waals surface area contributed by atoms with E-state index in [1.54, 1.807) is 29.8 Å². The van der Waals surface area contributed by atoms with Crippen LogP contribution in [0.5, 0.6) is 0 Å². The number of aromatic nitrogens is 4. The SMILES string of the molecule is C=CC(=O)N1CC2CN(CCCN(C)C)c3c(c4cc(F)c(-c5c(C)ccc6[nH]c(=O)oc56)nc4n(-c4c(C)ccnc4C(C)C)c3=O)N2CC1C. The lowest BCUT2D eigenvalue weighted by Crippen LogP contribution is -2.64. The maximum Gasteiger partial charge on any atom is 0.417 e. The Balaban J connectivity index is 1.59. The molecule has 6 heterocycles.